The van der Waals surface area contributed by atoms with Crippen LogP contribution in [0.15, 0.2) is 23.1 Å². The Morgan fingerprint density at radius 2 is 2.05 bits per heavy atom. The molecule has 5 nitrogen and oxygen atoms in total. The van der Waals surface area contributed by atoms with E-state index in [2.05, 4.69) is 4.72 Å². The van der Waals surface area contributed by atoms with Crippen molar-refractivity contribution in [3.8, 4) is 0 Å². The number of sulfonamides is 1. The third-order valence-corrected chi connectivity index (χ3v) is 4.38. The molecule has 0 aliphatic heterocycles. The highest BCUT2D eigenvalue weighted by Crippen LogP contribution is 2.18. The molecule has 0 saturated heterocycles. The molecule has 114 valence electrons. The average molecular weight is 304 g/mol. The van der Waals surface area contributed by atoms with Gasteiger partial charge < -0.3 is 10.5 Å². The zero-order valence-corrected chi connectivity index (χ0v) is 12.7. The van der Waals surface area contributed by atoms with Crippen molar-refractivity contribution < 1.29 is 17.5 Å². The van der Waals surface area contributed by atoms with E-state index >= 15 is 0 Å². The smallest absolute Gasteiger partial charge is 0.243 e. The minimum absolute atomic E-state index is 0.0215. The first kappa shape index (κ1) is 16.9. The summed E-state index contributed by atoms with van der Waals surface area (Å²) in [6.07, 6.45) is 0. The van der Waals surface area contributed by atoms with Crippen LogP contribution in [0.5, 0.6) is 0 Å². The van der Waals surface area contributed by atoms with Gasteiger partial charge in [-0.05, 0) is 31.0 Å². The van der Waals surface area contributed by atoms with Crippen molar-refractivity contribution in [2.75, 3.05) is 18.9 Å². The Labute approximate surface area is 119 Å². The van der Waals surface area contributed by atoms with Gasteiger partial charge in [0, 0.05) is 18.3 Å². The lowest BCUT2D eigenvalue weighted by atomic mass is 10.1. The molecule has 0 fully saturated rings. The minimum Gasteiger partial charge on any atom is -0.399 e. The monoisotopic (exact) mass is 304 g/mol. The van der Waals surface area contributed by atoms with E-state index in [0.717, 1.165) is 12.1 Å². The summed E-state index contributed by atoms with van der Waals surface area (Å²) in [6, 6.07) is 3.08. The first-order valence-electron chi connectivity index (χ1n) is 6.43. The lowest BCUT2D eigenvalue weighted by Crippen LogP contribution is -2.42. The van der Waals surface area contributed by atoms with E-state index in [4.69, 9.17) is 10.5 Å². The maximum Gasteiger partial charge on any atom is 0.243 e. The normalized spacial score (nSPS) is 13.7. The number of benzene rings is 1. The summed E-state index contributed by atoms with van der Waals surface area (Å²) in [5.74, 6) is -0.843. The number of halogens is 1. The second kappa shape index (κ2) is 7.01. The van der Waals surface area contributed by atoms with Crippen LogP contribution in [0.4, 0.5) is 10.1 Å². The zero-order chi connectivity index (χ0) is 15.3. The topological polar surface area (TPSA) is 81.4 Å². The maximum atomic E-state index is 13.7. The third-order valence-electron chi connectivity index (χ3n) is 2.86. The van der Waals surface area contributed by atoms with E-state index in [-0.39, 0.29) is 18.2 Å². The minimum atomic E-state index is -3.94. The molecule has 1 rings (SSSR count). The highest BCUT2D eigenvalue weighted by molar-refractivity contribution is 7.89. The molecule has 0 aliphatic carbocycles. The second-order valence-corrected chi connectivity index (χ2v) is 6.50. The number of nitrogens with one attached hydrogen (secondary N) is 1. The Balaban J connectivity index is 2.97. The molecule has 0 spiro atoms. The Morgan fingerprint density at radius 1 is 1.40 bits per heavy atom. The Hall–Kier alpha value is -1.18. The Morgan fingerprint density at radius 3 is 2.55 bits per heavy atom. The number of hydrogen-bond donors (Lipinski definition) is 2. The molecule has 0 saturated carbocycles. The van der Waals surface area contributed by atoms with E-state index in [1.165, 1.54) is 6.07 Å². The third kappa shape index (κ3) is 4.43. The molecule has 0 aromatic heterocycles. The van der Waals surface area contributed by atoms with Crippen LogP contribution in [0.2, 0.25) is 0 Å². The highest BCUT2D eigenvalue weighted by atomic mass is 32.2. The summed E-state index contributed by atoms with van der Waals surface area (Å²) in [5.41, 5.74) is 5.59. The fraction of sp³-hybridized carbons (Fsp3) is 0.538. The molecule has 1 unspecified atom stereocenters. The number of ether oxygens (including phenoxy) is 1. The lowest BCUT2D eigenvalue weighted by molar-refractivity contribution is 0.116. The Bertz CT molecular complexity index is 547. The number of anilines is 1. The molecule has 1 aromatic carbocycles. The standard InChI is InChI=1S/C13H21FN2O3S/c1-4-19-8-12(9(2)3)16-20(17,18)13-6-5-10(15)7-11(13)14/h5-7,9,12,16H,4,8,15H2,1-3H3. The van der Waals surface area contributed by atoms with E-state index in [0.29, 0.717) is 6.61 Å². The summed E-state index contributed by atoms with van der Waals surface area (Å²) in [6.45, 7) is 6.29. The maximum absolute atomic E-state index is 13.7. The van der Waals surface area contributed by atoms with Gasteiger partial charge in [0.2, 0.25) is 10.0 Å². The molecule has 7 heteroatoms. The van der Waals surface area contributed by atoms with E-state index in [1.807, 2.05) is 20.8 Å². The molecule has 0 heterocycles. The van der Waals surface area contributed by atoms with Crippen molar-refractivity contribution in [3.63, 3.8) is 0 Å². The molecule has 20 heavy (non-hydrogen) atoms. The predicted molar refractivity (Wildman–Crippen MR) is 76.3 cm³/mol. The number of hydrogen-bond acceptors (Lipinski definition) is 4. The van der Waals surface area contributed by atoms with Gasteiger partial charge in [-0.15, -0.1) is 0 Å². The van der Waals surface area contributed by atoms with Gasteiger partial charge in [0.25, 0.3) is 0 Å². The van der Waals surface area contributed by atoms with Gasteiger partial charge in [-0.25, -0.2) is 17.5 Å². The summed E-state index contributed by atoms with van der Waals surface area (Å²) in [4.78, 5) is -0.408. The predicted octanol–water partition coefficient (Wildman–Crippen LogP) is 1.75. The summed E-state index contributed by atoms with van der Waals surface area (Å²) in [7, 11) is -3.94. The van der Waals surface area contributed by atoms with Gasteiger partial charge in [0.1, 0.15) is 10.7 Å². The molecule has 1 aromatic rings. The first-order valence-corrected chi connectivity index (χ1v) is 7.91. The van der Waals surface area contributed by atoms with Crippen molar-refractivity contribution in [1.82, 2.24) is 4.72 Å². The van der Waals surface area contributed by atoms with Crippen LogP contribution in [0.1, 0.15) is 20.8 Å². The SMILES string of the molecule is CCOCC(NS(=O)(=O)c1ccc(N)cc1F)C(C)C. The fourth-order valence-corrected chi connectivity index (χ4v) is 3.03. The number of nitrogen functional groups attached to an aromatic ring is 1. The van der Waals surface area contributed by atoms with Gasteiger partial charge in [0.05, 0.1) is 6.61 Å². The van der Waals surface area contributed by atoms with Gasteiger partial charge in [-0.2, -0.15) is 0 Å². The molecule has 0 radical (unpaired) electrons. The second-order valence-electron chi connectivity index (χ2n) is 4.82. The van der Waals surface area contributed by atoms with Crippen LogP contribution in [0.25, 0.3) is 0 Å². The van der Waals surface area contributed by atoms with E-state index in [1.54, 1.807) is 0 Å². The van der Waals surface area contributed by atoms with Crippen molar-refractivity contribution >= 4 is 15.7 Å². The van der Waals surface area contributed by atoms with Crippen molar-refractivity contribution in [2.24, 2.45) is 5.92 Å². The fourth-order valence-electron chi connectivity index (χ4n) is 1.61. The molecule has 0 bridgehead atoms. The van der Waals surface area contributed by atoms with Crippen LogP contribution < -0.4 is 10.5 Å². The number of nitrogens with two attached hydrogens (primary N) is 1. The largest absolute Gasteiger partial charge is 0.399 e. The van der Waals surface area contributed by atoms with Crippen LogP contribution in [-0.2, 0) is 14.8 Å². The van der Waals surface area contributed by atoms with Crippen molar-refractivity contribution in [1.29, 1.82) is 0 Å². The summed E-state index contributed by atoms with van der Waals surface area (Å²) >= 11 is 0. The van der Waals surface area contributed by atoms with E-state index in [9.17, 15) is 12.8 Å². The molecular formula is C13H21FN2O3S. The Kier molecular flexibility index (Phi) is 5.91. The average Bonchev–Trinajstić information content (AvgIpc) is 2.33. The van der Waals surface area contributed by atoms with Gasteiger partial charge in [-0.1, -0.05) is 13.8 Å². The van der Waals surface area contributed by atoms with Crippen molar-refractivity contribution in [3.05, 3.63) is 24.0 Å². The number of rotatable bonds is 7. The quantitative estimate of drug-likeness (QED) is 0.752. The molecule has 1 atom stereocenters. The van der Waals surface area contributed by atoms with E-state index < -0.39 is 26.8 Å². The molecule has 0 aliphatic rings. The zero-order valence-electron chi connectivity index (χ0n) is 11.9. The summed E-state index contributed by atoms with van der Waals surface area (Å²) in [5, 5.41) is 0. The molecular weight excluding hydrogens is 283 g/mol. The highest BCUT2D eigenvalue weighted by Gasteiger charge is 2.25. The molecule has 3 N–H and O–H groups in total. The lowest BCUT2D eigenvalue weighted by Gasteiger charge is -2.22. The first-order chi connectivity index (χ1) is 9.27. The van der Waals surface area contributed by atoms with Gasteiger partial charge in [0.15, 0.2) is 0 Å². The van der Waals surface area contributed by atoms with Crippen LogP contribution in [0.3, 0.4) is 0 Å². The van der Waals surface area contributed by atoms with Crippen molar-refractivity contribution in [2.45, 2.75) is 31.7 Å². The van der Waals surface area contributed by atoms with Crippen LogP contribution >= 0.6 is 0 Å². The molecule has 0 amide bonds. The summed E-state index contributed by atoms with van der Waals surface area (Å²) < 4.78 is 45.8. The van der Waals surface area contributed by atoms with Gasteiger partial charge >= 0.3 is 0 Å². The van der Waals surface area contributed by atoms with Crippen LogP contribution in [0, 0.1) is 11.7 Å². The van der Waals surface area contributed by atoms with Crippen LogP contribution in [-0.4, -0.2) is 27.7 Å². The van der Waals surface area contributed by atoms with Gasteiger partial charge in [-0.3, -0.25) is 0 Å².